The summed E-state index contributed by atoms with van der Waals surface area (Å²) >= 11 is 5.49. The number of rotatable bonds is 2. The van der Waals surface area contributed by atoms with Crippen molar-refractivity contribution >= 4 is 23.2 Å². The molecular weight excluding hydrogens is 193 g/mol. The summed E-state index contributed by atoms with van der Waals surface area (Å²) in [5, 5.41) is 2.43. The van der Waals surface area contributed by atoms with Crippen molar-refractivity contribution in [1.82, 2.24) is 0 Å². The summed E-state index contributed by atoms with van der Waals surface area (Å²) in [6, 6.07) is 3.93. The summed E-state index contributed by atoms with van der Waals surface area (Å²) in [7, 11) is 0. The summed E-state index contributed by atoms with van der Waals surface area (Å²) in [6.07, 6.45) is 1.12. The van der Waals surface area contributed by atoms with E-state index in [-0.39, 0.29) is 10.9 Å². The summed E-state index contributed by atoms with van der Waals surface area (Å²) < 4.78 is 12.7. The van der Waals surface area contributed by atoms with E-state index in [1.165, 1.54) is 18.2 Å². The van der Waals surface area contributed by atoms with Gasteiger partial charge in [0, 0.05) is 5.69 Å². The summed E-state index contributed by atoms with van der Waals surface area (Å²) in [5.74, 6) is -0.874. The highest BCUT2D eigenvalue weighted by molar-refractivity contribution is 6.31. The van der Waals surface area contributed by atoms with Gasteiger partial charge in [0.15, 0.2) is 0 Å². The van der Waals surface area contributed by atoms with Crippen LogP contribution in [0.2, 0.25) is 5.02 Å². The molecule has 1 N–H and O–H groups in total. The standard InChI is InChI=1S/C9H7ClFNO/c1-2-9(13)12-6-3-4-8(11)7(10)5-6/h2-5H,1H2,(H,12,13). The van der Waals surface area contributed by atoms with Crippen LogP contribution in [0.15, 0.2) is 30.9 Å². The van der Waals surface area contributed by atoms with Crippen LogP contribution >= 0.6 is 11.6 Å². The summed E-state index contributed by atoms with van der Waals surface area (Å²) in [4.78, 5) is 10.8. The van der Waals surface area contributed by atoms with Crippen LogP contribution < -0.4 is 5.32 Å². The fraction of sp³-hybridized carbons (Fsp3) is 0. The van der Waals surface area contributed by atoms with Gasteiger partial charge in [0.05, 0.1) is 5.02 Å². The molecule has 0 heterocycles. The first kappa shape index (κ1) is 9.74. The molecule has 1 amide bonds. The fourth-order valence-corrected chi connectivity index (χ4v) is 0.948. The highest BCUT2D eigenvalue weighted by atomic mass is 35.5. The third-order valence-corrected chi connectivity index (χ3v) is 1.66. The molecule has 68 valence electrons. The van der Waals surface area contributed by atoms with Crippen LogP contribution in [0.4, 0.5) is 10.1 Å². The lowest BCUT2D eigenvalue weighted by atomic mass is 10.3. The molecule has 4 heteroatoms. The van der Waals surface area contributed by atoms with E-state index in [0.717, 1.165) is 6.08 Å². The molecule has 0 aliphatic carbocycles. The first-order valence-corrected chi connectivity index (χ1v) is 3.90. The van der Waals surface area contributed by atoms with Crippen LogP contribution in [0.3, 0.4) is 0 Å². The molecule has 2 nitrogen and oxygen atoms in total. The lowest BCUT2D eigenvalue weighted by Crippen LogP contribution is -2.07. The molecule has 0 saturated heterocycles. The van der Waals surface area contributed by atoms with E-state index >= 15 is 0 Å². The Labute approximate surface area is 80.0 Å². The van der Waals surface area contributed by atoms with Crippen LogP contribution in [0.25, 0.3) is 0 Å². The maximum atomic E-state index is 12.7. The van der Waals surface area contributed by atoms with Crippen molar-refractivity contribution in [2.24, 2.45) is 0 Å². The Hall–Kier alpha value is -1.35. The monoisotopic (exact) mass is 199 g/mol. The van der Waals surface area contributed by atoms with Gasteiger partial charge < -0.3 is 5.32 Å². The quantitative estimate of drug-likeness (QED) is 0.729. The number of halogens is 2. The number of carbonyl (C=O) groups excluding carboxylic acids is 1. The van der Waals surface area contributed by atoms with E-state index in [9.17, 15) is 9.18 Å². The van der Waals surface area contributed by atoms with E-state index in [4.69, 9.17) is 11.6 Å². The number of carbonyl (C=O) groups is 1. The Bertz CT molecular complexity index is 351. The normalized spacial score (nSPS) is 9.38. The van der Waals surface area contributed by atoms with Gasteiger partial charge in [-0.15, -0.1) is 0 Å². The highest BCUT2D eigenvalue weighted by Gasteiger charge is 2.01. The maximum Gasteiger partial charge on any atom is 0.247 e. The molecule has 0 aromatic heterocycles. The Morgan fingerprint density at radius 1 is 1.62 bits per heavy atom. The van der Waals surface area contributed by atoms with E-state index in [0.29, 0.717) is 5.69 Å². The predicted octanol–water partition coefficient (Wildman–Crippen LogP) is 2.60. The molecule has 1 aromatic carbocycles. The number of benzene rings is 1. The minimum atomic E-state index is -0.515. The van der Waals surface area contributed by atoms with Crippen molar-refractivity contribution in [2.75, 3.05) is 5.32 Å². The van der Waals surface area contributed by atoms with Crippen molar-refractivity contribution in [3.05, 3.63) is 41.7 Å². The van der Waals surface area contributed by atoms with Gasteiger partial charge in [-0.1, -0.05) is 18.2 Å². The summed E-state index contributed by atoms with van der Waals surface area (Å²) in [6.45, 7) is 3.28. The van der Waals surface area contributed by atoms with Crippen LogP contribution in [0, 0.1) is 5.82 Å². The molecule has 0 unspecified atom stereocenters. The average molecular weight is 200 g/mol. The molecule has 0 aliphatic heterocycles. The topological polar surface area (TPSA) is 29.1 Å². The molecule has 0 radical (unpaired) electrons. The second-order valence-corrected chi connectivity index (χ2v) is 2.73. The third kappa shape index (κ3) is 2.56. The average Bonchev–Trinajstić information content (AvgIpc) is 2.11. The predicted molar refractivity (Wildman–Crippen MR) is 50.2 cm³/mol. The largest absolute Gasteiger partial charge is 0.322 e. The zero-order valence-electron chi connectivity index (χ0n) is 6.68. The minimum absolute atomic E-state index is 0.0261. The minimum Gasteiger partial charge on any atom is -0.322 e. The van der Waals surface area contributed by atoms with E-state index in [1.807, 2.05) is 0 Å². The van der Waals surface area contributed by atoms with Gasteiger partial charge in [0.1, 0.15) is 5.82 Å². The zero-order valence-corrected chi connectivity index (χ0v) is 7.44. The van der Waals surface area contributed by atoms with Gasteiger partial charge in [0.2, 0.25) is 5.91 Å². The van der Waals surface area contributed by atoms with Crippen molar-refractivity contribution < 1.29 is 9.18 Å². The molecule has 0 aliphatic rings. The molecule has 13 heavy (non-hydrogen) atoms. The third-order valence-electron chi connectivity index (χ3n) is 1.37. The number of nitrogens with one attached hydrogen (secondary N) is 1. The van der Waals surface area contributed by atoms with Crippen LogP contribution in [-0.2, 0) is 4.79 Å². The van der Waals surface area contributed by atoms with Gasteiger partial charge in [-0.3, -0.25) is 4.79 Å². The van der Waals surface area contributed by atoms with Crippen LogP contribution in [0.5, 0.6) is 0 Å². The van der Waals surface area contributed by atoms with Crippen molar-refractivity contribution in [3.63, 3.8) is 0 Å². The first-order valence-electron chi connectivity index (χ1n) is 3.52. The molecule has 1 aromatic rings. The van der Waals surface area contributed by atoms with Crippen molar-refractivity contribution in [1.29, 1.82) is 0 Å². The van der Waals surface area contributed by atoms with E-state index in [1.54, 1.807) is 0 Å². The Morgan fingerprint density at radius 3 is 2.85 bits per heavy atom. The SMILES string of the molecule is C=CC(=O)Nc1ccc(F)c(Cl)c1. The lowest BCUT2D eigenvalue weighted by molar-refractivity contribution is -0.111. The van der Waals surface area contributed by atoms with Gasteiger partial charge in [-0.05, 0) is 24.3 Å². The molecule has 0 atom stereocenters. The van der Waals surface area contributed by atoms with Crippen LogP contribution in [0.1, 0.15) is 0 Å². The fourth-order valence-electron chi connectivity index (χ4n) is 0.767. The van der Waals surface area contributed by atoms with E-state index in [2.05, 4.69) is 11.9 Å². The zero-order chi connectivity index (χ0) is 9.84. The Morgan fingerprint density at radius 2 is 2.31 bits per heavy atom. The molecule has 0 fully saturated rings. The highest BCUT2D eigenvalue weighted by Crippen LogP contribution is 2.19. The van der Waals surface area contributed by atoms with Crippen molar-refractivity contribution in [2.45, 2.75) is 0 Å². The molecule has 0 saturated carbocycles. The number of hydrogen-bond acceptors (Lipinski definition) is 1. The van der Waals surface area contributed by atoms with E-state index < -0.39 is 5.82 Å². The van der Waals surface area contributed by atoms with Gasteiger partial charge >= 0.3 is 0 Å². The molecular formula is C9H7ClFNO. The number of anilines is 1. The lowest BCUT2D eigenvalue weighted by Gasteiger charge is -2.02. The second kappa shape index (κ2) is 4.05. The van der Waals surface area contributed by atoms with Crippen LogP contribution in [-0.4, -0.2) is 5.91 Å². The van der Waals surface area contributed by atoms with Gasteiger partial charge in [-0.25, -0.2) is 4.39 Å². The molecule has 0 bridgehead atoms. The second-order valence-electron chi connectivity index (χ2n) is 2.32. The van der Waals surface area contributed by atoms with Gasteiger partial charge in [-0.2, -0.15) is 0 Å². The smallest absolute Gasteiger partial charge is 0.247 e. The number of amides is 1. The first-order chi connectivity index (χ1) is 6.13. The Kier molecular flexibility index (Phi) is 3.03. The molecule has 1 rings (SSSR count). The summed E-state index contributed by atoms with van der Waals surface area (Å²) in [5.41, 5.74) is 0.441. The van der Waals surface area contributed by atoms with Gasteiger partial charge in [0.25, 0.3) is 0 Å². The number of hydrogen-bond donors (Lipinski definition) is 1. The Balaban J connectivity index is 2.85. The van der Waals surface area contributed by atoms with Crippen molar-refractivity contribution in [3.8, 4) is 0 Å². The molecule has 0 spiro atoms. The maximum absolute atomic E-state index is 12.7.